The summed E-state index contributed by atoms with van der Waals surface area (Å²) in [6.07, 6.45) is 3.14. The summed E-state index contributed by atoms with van der Waals surface area (Å²) < 4.78 is 0. The Bertz CT molecular complexity index is 502. The highest BCUT2D eigenvalue weighted by atomic mass is 32.1. The molecule has 5 heteroatoms. The number of aryl methyl sites for hydroxylation is 2. The van der Waals surface area contributed by atoms with E-state index in [9.17, 15) is 0 Å². The molecular weight excluding hydrogens is 270 g/mol. The number of pyridine rings is 1. The number of aliphatic hydroxyl groups excluding tert-OH is 1. The minimum atomic E-state index is 0.251. The summed E-state index contributed by atoms with van der Waals surface area (Å²) in [7, 11) is 0. The molecule has 0 aliphatic carbocycles. The van der Waals surface area contributed by atoms with Crippen molar-refractivity contribution in [2.75, 3.05) is 24.6 Å². The molecule has 0 bridgehead atoms. The third-order valence-corrected chi connectivity index (χ3v) is 4.13. The van der Waals surface area contributed by atoms with Crippen LogP contribution in [-0.2, 0) is 0 Å². The van der Waals surface area contributed by atoms with Gasteiger partial charge in [-0.25, -0.2) is 4.98 Å². The number of aromatic nitrogens is 1. The molecule has 4 nitrogen and oxygen atoms in total. The van der Waals surface area contributed by atoms with E-state index in [0.717, 1.165) is 48.6 Å². The lowest BCUT2D eigenvalue weighted by Crippen LogP contribution is -2.38. The van der Waals surface area contributed by atoms with Gasteiger partial charge in [0.25, 0.3) is 0 Å². The largest absolute Gasteiger partial charge is 0.396 e. The standard InChI is InChI=1S/C15H23N3OS/c1-10-8-11(2)17-15(13(10)14(16)20)18-6-3-4-12(9-18)5-7-19/h8,12,19H,3-7,9H2,1-2H3,(H2,16,20). The van der Waals surface area contributed by atoms with Crippen LogP contribution in [0.25, 0.3) is 0 Å². The van der Waals surface area contributed by atoms with Crippen molar-refractivity contribution in [2.45, 2.75) is 33.1 Å². The van der Waals surface area contributed by atoms with Gasteiger partial charge < -0.3 is 15.7 Å². The van der Waals surface area contributed by atoms with Gasteiger partial charge >= 0.3 is 0 Å². The molecule has 110 valence electrons. The maximum Gasteiger partial charge on any atom is 0.139 e. The molecule has 0 saturated carbocycles. The van der Waals surface area contributed by atoms with Crippen LogP contribution in [0.1, 0.15) is 36.1 Å². The smallest absolute Gasteiger partial charge is 0.139 e. The quantitative estimate of drug-likeness (QED) is 0.831. The summed E-state index contributed by atoms with van der Waals surface area (Å²) in [5, 5.41) is 9.13. The molecule has 0 amide bonds. The van der Waals surface area contributed by atoms with E-state index in [1.807, 2.05) is 19.9 Å². The Morgan fingerprint density at radius 1 is 1.55 bits per heavy atom. The summed E-state index contributed by atoms with van der Waals surface area (Å²) in [5.41, 5.74) is 8.86. The molecule has 1 fully saturated rings. The van der Waals surface area contributed by atoms with Gasteiger partial charge in [-0.1, -0.05) is 12.2 Å². The first-order valence-corrected chi connectivity index (χ1v) is 7.57. The molecule has 0 radical (unpaired) electrons. The highest BCUT2D eigenvalue weighted by Gasteiger charge is 2.24. The average Bonchev–Trinajstić information content (AvgIpc) is 2.38. The normalized spacial score (nSPS) is 19.1. The number of anilines is 1. The number of aliphatic hydroxyl groups is 1. The van der Waals surface area contributed by atoms with Crippen LogP contribution < -0.4 is 10.6 Å². The third kappa shape index (κ3) is 3.27. The van der Waals surface area contributed by atoms with Crippen molar-refractivity contribution in [3.05, 3.63) is 22.9 Å². The zero-order valence-electron chi connectivity index (χ0n) is 12.2. The third-order valence-electron chi connectivity index (χ3n) is 3.93. The van der Waals surface area contributed by atoms with Crippen LogP contribution >= 0.6 is 12.2 Å². The van der Waals surface area contributed by atoms with Crippen LogP contribution in [0.3, 0.4) is 0 Å². The number of nitrogens with zero attached hydrogens (tertiary/aromatic N) is 2. The summed E-state index contributed by atoms with van der Waals surface area (Å²) >= 11 is 5.20. The number of thiocarbonyl (C=S) groups is 1. The van der Waals surface area contributed by atoms with Gasteiger partial charge in [-0.2, -0.15) is 0 Å². The zero-order valence-corrected chi connectivity index (χ0v) is 13.0. The fourth-order valence-corrected chi connectivity index (χ4v) is 3.28. The van der Waals surface area contributed by atoms with Crippen LogP contribution in [0.15, 0.2) is 6.07 Å². The van der Waals surface area contributed by atoms with E-state index in [2.05, 4.69) is 9.88 Å². The predicted octanol–water partition coefficient (Wildman–Crippen LogP) is 1.93. The predicted molar refractivity (Wildman–Crippen MR) is 86.2 cm³/mol. The van der Waals surface area contributed by atoms with Gasteiger partial charge in [0.15, 0.2) is 0 Å². The number of piperidine rings is 1. The zero-order chi connectivity index (χ0) is 14.7. The van der Waals surface area contributed by atoms with Crippen molar-refractivity contribution in [2.24, 2.45) is 11.7 Å². The Labute approximate surface area is 126 Å². The van der Waals surface area contributed by atoms with Crippen molar-refractivity contribution in [1.82, 2.24) is 4.98 Å². The van der Waals surface area contributed by atoms with Crippen LogP contribution in [0, 0.1) is 19.8 Å². The van der Waals surface area contributed by atoms with Crippen molar-refractivity contribution >= 4 is 23.0 Å². The van der Waals surface area contributed by atoms with Crippen LogP contribution in [0.2, 0.25) is 0 Å². The monoisotopic (exact) mass is 293 g/mol. The minimum Gasteiger partial charge on any atom is -0.396 e. The first kappa shape index (κ1) is 15.2. The fourth-order valence-electron chi connectivity index (χ4n) is 3.03. The molecule has 1 aromatic heterocycles. The average molecular weight is 293 g/mol. The van der Waals surface area contributed by atoms with Crippen molar-refractivity contribution < 1.29 is 5.11 Å². The van der Waals surface area contributed by atoms with Gasteiger partial charge in [-0.15, -0.1) is 0 Å². The summed E-state index contributed by atoms with van der Waals surface area (Å²) in [5.74, 6) is 1.44. The van der Waals surface area contributed by atoms with E-state index in [1.165, 1.54) is 6.42 Å². The number of hydrogen-bond donors (Lipinski definition) is 2. The maximum absolute atomic E-state index is 9.13. The van der Waals surface area contributed by atoms with Gasteiger partial charge in [0, 0.05) is 25.4 Å². The van der Waals surface area contributed by atoms with Crippen molar-refractivity contribution in [3.8, 4) is 0 Å². The topological polar surface area (TPSA) is 62.4 Å². The van der Waals surface area contributed by atoms with E-state index < -0.39 is 0 Å². The summed E-state index contributed by atoms with van der Waals surface area (Å²) in [4.78, 5) is 7.36. The van der Waals surface area contributed by atoms with Crippen molar-refractivity contribution in [1.29, 1.82) is 0 Å². The van der Waals surface area contributed by atoms with Gasteiger partial charge in [-0.3, -0.25) is 0 Å². The number of hydrogen-bond acceptors (Lipinski definition) is 4. The van der Waals surface area contributed by atoms with Gasteiger partial charge in [0.1, 0.15) is 10.8 Å². The van der Waals surface area contributed by atoms with E-state index in [4.69, 9.17) is 23.1 Å². The highest BCUT2D eigenvalue weighted by Crippen LogP contribution is 2.28. The molecule has 2 rings (SSSR count). The Morgan fingerprint density at radius 2 is 2.30 bits per heavy atom. The van der Waals surface area contributed by atoms with E-state index in [1.54, 1.807) is 0 Å². The minimum absolute atomic E-state index is 0.251. The number of nitrogens with two attached hydrogens (primary N) is 1. The Balaban J connectivity index is 2.33. The van der Waals surface area contributed by atoms with Gasteiger partial charge in [0.05, 0.1) is 5.56 Å². The molecular formula is C15H23N3OS. The molecule has 0 aromatic carbocycles. The molecule has 1 atom stereocenters. The highest BCUT2D eigenvalue weighted by molar-refractivity contribution is 7.80. The van der Waals surface area contributed by atoms with E-state index in [0.29, 0.717) is 10.9 Å². The van der Waals surface area contributed by atoms with Crippen LogP contribution in [0.5, 0.6) is 0 Å². The molecule has 3 N–H and O–H groups in total. The molecule has 1 aliphatic heterocycles. The molecule has 1 aliphatic rings. The van der Waals surface area contributed by atoms with E-state index >= 15 is 0 Å². The Morgan fingerprint density at radius 3 is 2.95 bits per heavy atom. The van der Waals surface area contributed by atoms with Crippen LogP contribution in [0.4, 0.5) is 5.82 Å². The molecule has 1 aromatic rings. The van der Waals surface area contributed by atoms with E-state index in [-0.39, 0.29) is 6.61 Å². The first-order chi connectivity index (χ1) is 9.52. The second-order valence-corrected chi connectivity index (χ2v) is 6.05. The summed E-state index contributed by atoms with van der Waals surface area (Å²) in [6.45, 7) is 6.18. The SMILES string of the molecule is Cc1cc(C)c(C(N)=S)c(N2CCCC(CCO)C2)n1. The molecule has 1 saturated heterocycles. The molecule has 20 heavy (non-hydrogen) atoms. The van der Waals surface area contributed by atoms with Crippen molar-refractivity contribution in [3.63, 3.8) is 0 Å². The second kappa shape index (κ2) is 6.50. The summed E-state index contributed by atoms with van der Waals surface area (Å²) in [6, 6.07) is 2.02. The fraction of sp³-hybridized carbons (Fsp3) is 0.600. The van der Waals surface area contributed by atoms with Gasteiger partial charge in [0.2, 0.25) is 0 Å². The molecule has 1 unspecified atom stereocenters. The Hall–Kier alpha value is -1.20. The molecule has 2 heterocycles. The molecule has 0 spiro atoms. The maximum atomic E-state index is 9.13. The number of rotatable bonds is 4. The lowest BCUT2D eigenvalue weighted by atomic mass is 9.94. The second-order valence-electron chi connectivity index (χ2n) is 5.61. The van der Waals surface area contributed by atoms with Gasteiger partial charge in [-0.05, 0) is 50.7 Å². The lowest BCUT2D eigenvalue weighted by Gasteiger charge is -2.35. The lowest BCUT2D eigenvalue weighted by molar-refractivity contribution is 0.244. The first-order valence-electron chi connectivity index (χ1n) is 7.16. The van der Waals surface area contributed by atoms with Crippen LogP contribution in [-0.4, -0.2) is 34.8 Å². The Kier molecular flexibility index (Phi) is 4.94.